The number of anilines is 1. The molecule has 1 aromatic rings. The van der Waals surface area contributed by atoms with Crippen LogP contribution in [0.1, 0.15) is 17.9 Å². The smallest absolute Gasteiger partial charge is 0.313 e. The lowest BCUT2D eigenvalue weighted by Crippen LogP contribution is -2.23. The second-order valence-electron chi connectivity index (χ2n) is 3.74. The van der Waals surface area contributed by atoms with E-state index in [0.29, 0.717) is 0 Å². The largest absolute Gasteiger partial charge is 0.497 e. The molecule has 1 N–H and O–H groups in total. The van der Waals surface area contributed by atoms with Crippen LogP contribution in [0.3, 0.4) is 0 Å². The third-order valence-corrected chi connectivity index (χ3v) is 2.87. The Morgan fingerprint density at radius 1 is 1.44 bits per heavy atom. The van der Waals surface area contributed by atoms with Crippen molar-refractivity contribution in [1.29, 1.82) is 0 Å². The Morgan fingerprint density at radius 2 is 2.25 bits per heavy atom. The number of carbonyl (C=O) groups is 1. The van der Waals surface area contributed by atoms with Crippen molar-refractivity contribution >= 4 is 11.7 Å². The number of carbonyl (C=O) groups excluding carboxylic acids is 1. The molecule has 0 aromatic heterocycles. The van der Waals surface area contributed by atoms with Crippen molar-refractivity contribution in [2.45, 2.75) is 12.3 Å². The molecular formula is C12H15NO3. The molecule has 1 aliphatic rings. The molecule has 0 amide bonds. The second kappa shape index (κ2) is 4.43. The van der Waals surface area contributed by atoms with Gasteiger partial charge in [-0.3, -0.25) is 4.79 Å². The van der Waals surface area contributed by atoms with Gasteiger partial charge in [0, 0.05) is 12.2 Å². The van der Waals surface area contributed by atoms with Gasteiger partial charge < -0.3 is 14.8 Å². The zero-order chi connectivity index (χ0) is 11.5. The third kappa shape index (κ3) is 1.83. The maximum absolute atomic E-state index is 11.6. The SMILES string of the molecule is COC(=O)C1CCNc2ccc(OC)cc21. The van der Waals surface area contributed by atoms with Gasteiger partial charge in [-0.1, -0.05) is 0 Å². The maximum Gasteiger partial charge on any atom is 0.313 e. The molecule has 0 saturated heterocycles. The first-order chi connectivity index (χ1) is 7.76. The normalized spacial score (nSPS) is 18.2. The molecule has 0 bridgehead atoms. The summed E-state index contributed by atoms with van der Waals surface area (Å²) >= 11 is 0. The fraction of sp³-hybridized carbons (Fsp3) is 0.417. The quantitative estimate of drug-likeness (QED) is 0.773. The van der Waals surface area contributed by atoms with E-state index in [0.717, 1.165) is 30.0 Å². The van der Waals surface area contributed by atoms with Crippen LogP contribution >= 0.6 is 0 Å². The number of hydrogen-bond donors (Lipinski definition) is 1. The molecule has 1 aromatic carbocycles. The summed E-state index contributed by atoms with van der Waals surface area (Å²) in [6.07, 6.45) is 0.757. The van der Waals surface area contributed by atoms with Gasteiger partial charge in [0.25, 0.3) is 0 Å². The first kappa shape index (κ1) is 10.8. The van der Waals surface area contributed by atoms with Crippen LogP contribution < -0.4 is 10.1 Å². The molecule has 4 nitrogen and oxygen atoms in total. The van der Waals surface area contributed by atoms with E-state index in [9.17, 15) is 4.79 Å². The number of fused-ring (bicyclic) bond motifs is 1. The van der Waals surface area contributed by atoms with E-state index in [2.05, 4.69) is 5.32 Å². The highest BCUT2D eigenvalue weighted by Crippen LogP contribution is 2.34. The molecule has 1 unspecified atom stereocenters. The van der Waals surface area contributed by atoms with E-state index in [1.54, 1.807) is 7.11 Å². The van der Waals surface area contributed by atoms with Crippen LogP contribution in [0.4, 0.5) is 5.69 Å². The van der Waals surface area contributed by atoms with E-state index in [1.807, 2.05) is 18.2 Å². The van der Waals surface area contributed by atoms with Gasteiger partial charge in [0.2, 0.25) is 0 Å². The van der Waals surface area contributed by atoms with E-state index in [4.69, 9.17) is 9.47 Å². The predicted octanol–water partition coefficient (Wildman–Crippen LogP) is 1.77. The van der Waals surface area contributed by atoms with Gasteiger partial charge in [-0.2, -0.15) is 0 Å². The summed E-state index contributed by atoms with van der Waals surface area (Å²) in [6, 6.07) is 5.71. The molecule has 0 radical (unpaired) electrons. The van der Waals surface area contributed by atoms with E-state index >= 15 is 0 Å². The summed E-state index contributed by atoms with van der Waals surface area (Å²) in [4.78, 5) is 11.6. The topological polar surface area (TPSA) is 47.6 Å². The lowest BCUT2D eigenvalue weighted by molar-refractivity contribution is -0.142. The average Bonchev–Trinajstić information content (AvgIpc) is 2.36. The Balaban J connectivity index is 2.39. The summed E-state index contributed by atoms with van der Waals surface area (Å²) in [7, 11) is 3.04. The van der Waals surface area contributed by atoms with E-state index in [-0.39, 0.29) is 11.9 Å². The zero-order valence-electron chi connectivity index (χ0n) is 9.45. The lowest BCUT2D eigenvalue weighted by atomic mass is 9.91. The van der Waals surface area contributed by atoms with Crippen LogP contribution in [0, 0.1) is 0 Å². The van der Waals surface area contributed by atoms with Crippen molar-refractivity contribution in [2.75, 3.05) is 26.1 Å². The minimum absolute atomic E-state index is 0.184. The lowest BCUT2D eigenvalue weighted by Gasteiger charge is -2.25. The number of nitrogens with one attached hydrogen (secondary N) is 1. The highest BCUT2D eigenvalue weighted by molar-refractivity contribution is 5.82. The molecule has 1 atom stereocenters. The molecular weight excluding hydrogens is 206 g/mol. The van der Waals surface area contributed by atoms with E-state index < -0.39 is 0 Å². The average molecular weight is 221 g/mol. The molecule has 0 spiro atoms. The Kier molecular flexibility index (Phi) is 2.99. The Bertz CT molecular complexity index is 403. The molecule has 0 fully saturated rings. The summed E-state index contributed by atoms with van der Waals surface area (Å²) < 4.78 is 9.97. The van der Waals surface area contributed by atoms with Crippen molar-refractivity contribution < 1.29 is 14.3 Å². The monoisotopic (exact) mass is 221 g/mol. The maximum atomic E-state index is 11.6. The number of esters is 1. The fourth-order valence-electron chi connectivity index (χ4n) is 2.01. The van der Waals surface area contributed by atoms with Gasteiger partial charge in [-0.05, 0) is 30.2 Å². The highest BCUT2D eigenvalue weighted by Gasteiger charge is 2.27. The molecule has 1 aliphatic heterocycles. The fourth-order valence-corrected chi connectivity index (χ4v) is 2.01. The minimum Gasteiger partial charge on any atom is -0.497 e. The third-order valence-electron chi connectivity index (χ3n) is 2.87. The van der Waals surface area contributed by atoms with Crippen LogP contribution in [-0.4, -0.2) is 26.7 Å². The zero-order valence-corrected chi connectivity index (χ0v) is 9.45. The Labute approximate surface area is 94.6 Å². The van der Waals surface area contributed by atoms with Crippen LogP contribution in [-0.2, 0) is 9.53 Å². The first-order valence-corrected chi connectivity index (χ1v) is 5.26. The first-order valence-electron chi connectivity index (χ1n) is 5.26. The molecule has 86 valence electrons. The number of benzene rings is 1. The predicted molar refractivity (Wildman–Crippen MR) is 60.9 cm³/mol. The number of rotatable bonds is 2. The molecule has 0 saturated carbocycles. The van der Waals surface area contributed by atoms with Gasteiger partial charge >= 0.3 is 5.97 Å². The summed E-state index contributed by atoms with van der Waals surface area (Å²) in [6.45, 7) is 0.791. The summed E-state index contributed by atoms with van der Waals surface area (Å²) in [5, 5.41) is 3.26. The van der Waals surface area contributed by atoms with Crippen molar-refractivity contribution in [1.82, 2.24) is 0 Å². The number of ether oxygens (including phenoxy) is 2. The van der Waals surface area contributed by atoms with Crippen molar-refractivity contribution in [3.8, 4) is 5.75 Å². The van der Waals surface area contributed by atoms with Crippen LogP contribution in [0.2, 0.25) is 0 Å². The Hall–Kier alpha value is -1.71. The molecule has 4 heteroatoms. The summed E-state index contributed by atoms with van der Waals surface area (Å²) in [5.41, 5.74) is 1.94. The highest BCUT2D eigenvalue weighted by atomic mass is 16.5. The van der Waals surface area contributed by atoms with Crippen molar-refractivity contribution in [3.05, 3.63) is 23.8 Å². The number of hydrogen-bond acceptors (Lipinski definition) is 4. The van der Waals surface area contributed by atoms with Crippen LogP contribution in [0.15, 0.2) is 18.2 Å². The van der Waals surface area contributed by atoms with Gasteiger partial charge in [0.1, 0.15) is 5.75 Å². The van der Waals surface area contributed by atoms with Crippen molar-refractivity contribution in [2.24, 2.45) is 0 Å². The molecule has 0 aliphatic carbocycles. The van der Waals surface area contributed by atoms with Crippen molar-refractivity contribution in [3.63, 3.8) is 0 Å². The van der Waals surface area contributed by atoms with E-state index in [1.165, 1.54) is 7.11 Å². The van der Waals surface area contributed by atoms with Crippen LogP contribution in [0.5, 0.6) is 5.75 Å². The Morgan fingerprint density at radius 3 is 2.94 bits per heavy atom. The van der Waals surface area contributed by atoms with Gasteiger partial charge in [0.05, 0.1) is 20.1 Å². The minimum atomic E-state index is -0.184. The molecule has 1 heterocycles. The van der Waals surface area contributed by atoms with Gasteiger partial charge in [-0.15, -0.1) is 0 Å². The second-order valence-corrected chi connectivity index (χ2v) is 3.74. The summed E-state index contributed by atoms with van der Waals surface area (Å²) in [5.74, 6) is 0.392. The van der Waals surface area contributed by atoms with Crippen LogP contribution in [0.25, 0.3) is 0 Å². The molecule has 2 rings (SSSR count). The standard InChI is InChI=1S/C12H15NO3/c1-15-8-3-4-11-10(7-8)9(5-6-13-11)12(14)16-2/h3-4,7,9,13H,5-6H2,1-2H3. The van der Waals surface area contributed by atoms with Gasteiger partial charge in [-0.25, -0.2) is 0 Å². The number of methoxy groups -OCH3 is 2. The molecule has 16 heavy (non-hydrogen) atoms. The van der Waals surface area contributed by atoms with Gasteiger partial charge in [0.15, 0.2) is 0 Å².